The predicted molar refractivity (Wildman–Crippen MR) is 86.0 cm³/mol. The smallest absolute Gasteiger partial charge is 0.149 e. The Labute approximate surface area is 128 Å². The Bertz CT molecular complexity index is 461. The van der Waals surface area contributed by atoms with Gasteiger partial charge in [-0.2, -0.15) is 0 Å². The third kappa shape index (κ3) is 3.37. The summed E-state index contributed by atoms with van der Waals surface area (Å²) in [4.78, 5) is 0. The maximum absolute atomic E-state index is 5.92. The second-order valence-electron chi connectivity index (χ2n) is 3.60. The molecule has 90 valence electrons. The lowest BCUT2D eigenvalue weighted by Gasteiger charge is -2.16. The molecule has 0 fully saturated rings. The van der Waals surface area contributed by atoms with Crippen molar-refractivity contribution in [2.75, 3.05) is 7.11 Å². The van der Waals surface area contributed by atoms with Crippen LogP contribution in [0.25, 0.3) is 0 Å². The van der Waals surface area contributed by atoms with Crippen LogP contribution in [0.5, 0.6) is 11.5 Å². The molecule has 0 unspecified atom stereocenters. The fourth-order valence-corrected chi connectivity index (χ4v) is 3.50. The number of allylic oxidation sites excluding steroid dienone is 3. The lowest BCUT2D eigenvalue weighted by Crippen LogP contribution is -2.01. The number of hydrogen-bond donors (Lipinski definition) is 0. The maximum atomic E-state index is 5.92. The summed E-state index contributed by atoms with van der Waals surface area (Å²) >= 11 is 4.68. The second-order valence-corrected chi connectivity index (χ2v) is 6.07. The lowest BCUT2D eigenvalue weighted by atomic mass is 10.2. The summed E-state index contributed by atoms with van der Waals surface area (Å²) < 4.78 is 13.5. The van der Waals surface area contributed by atoms with Crippen LogP contribution in [0.15, 0.2) is 43.3 Å². The number of rotatable bonds is 3. The van der Waals surface area contributed by atoms with Gasteiger partial charge in [0, 0.05) is 3.58 Å². The van der Waals surface area contributed by atoms with Crippen molar-refractivity contribution in [2.45, 2.75) is 12.8 Å². The van der Waals surface area contributed by atoms with Crippen LogP contribution in [0.3, 0.4) is 0 Å². The van der Waals surface area contributed by atoms with Crippen LogP contribution in [-0.4, -0.2) is 7.11 Å². The van der Waals surface area contributed by atoms with E-state index in [1.165, 1.54) is 7.16 Å². The van der Waals surface area contributed by atoms with Gasteiger partial charge < -0.3 is 9.47 Å². The number of halogens is 2. The minimum absolute atomic E-state index is 0.843. The molecule has 2 rings (SSSR count). The monoisotopic (exact) mass is 454 g/mol. The zero-order valence-corrected chi connectivity index (χ0v) is 13.7. The summed E-state index contributed by atoms with van der Waals surface area (Å²) in [6, 6.07) is 7.66. The molecule has 0 saturated heterocycles. The Balaban J connectivity index is 2.17. The molecular formula is C13H12I2O2. The zero-order chi connectivity index (χ0) is 12.3. The largest absolute Gasteiger partial charge is 0.497 e. The predicted octanol–water partition coefficient (Wildman–Crippen LogP) is 4.83. The molecule has 0 bridgehead atoms. The van der Waals surface area contributed by atoms with Gasteiger partial charge in [0.2, 0.25) is 0 Å². The quantitative estimate of drug-likeness (QED) is 0.610. The molecule has 1 aromatic carbocycles. The molecule has 17 heavy (non-hydrogen) atoms. The Hall–Kier alpha value is -0.240. The van der Waals surface area contributed by atoms with Crippen LogP contribution in [0.1, 0.15) is 12.8 Å². The highest BCUT2D eigenvalue weighted by molar-refractivity contribution is 14.1. The van der Waals surface area contributed by atoms with Gasteiger partial charge in [-0.15, -0.1) is 0 Å². The average molecular weight is 454 g/mol. The van der Waals surface area contributed by atoms with E-state index in [-0.39, 0.29) is 0 Å². The van der Waals surface area contributed by atoms with Crippen LogP contribution in [0.2, 0.25) is 0 Å². The number of hydrogen-bond acceptors (Lipinski definition) is 2. The van der Waals surface area contributed by atoms with E-state index < -0.39 is 0 Å². The second kappa shape index (κ2) is 6.08. The van der Waals surface area contributed by atoms with E-state index in [1.807, 2.05) is 24.3 Å². The summed E-state index contributed by atoms with van der Waals surface area (Å²) in [6.45, 7) is 0. The van der Waals surface area contributed by atoms with Gasteiger partial charge in [-0.3, -0.25) is 0 Å². The zero-order valence-electron chi connectivity index (χ0n) is 9.37. The van der Waals surface area contributed by atoms with E-state index in [9.17, 15) is 0 Å². The number of benzene rings is 1. The molecule has 0 aliphatic heterocycles. The van der Waals surface area contributed by atoms with Crippen molar-refractivity contribution in [3.8, 4) is 11.5 Å². The summed E-state index contributed by atoms with van der Waals surface area (Å²) in [5.41, 5.74) is 0. The molecule has 0 N–H and O–H groups in total. The van der Waals surface area contributed by atoms with Crippen LogP contribution in [0.4, 0.5) is 0 Å². The molecule has 0 aromatic heterocycles. The van der Waals surface area contributed by atoms with Crippen LogP contribution in [0, 0.1) is 0 Å². The molecule has 0 saturated carbocycles. The molecule has 1 aliphatic rings. The van der Waals surface area contributed by atoms with E-state index in [1.54, 1.807) is 7.11 Å². The van der Waals surface area contributed by atoms with Crippen molar-refractivity contribution in [2.24, 2.45) is 0 Å². The van der Waals surface area contributed by atoms with Crippen molar-refractivity contribution < 1.29 is 9.47 Å². The Morgan fingerprint density at radius 3 is 2.29 bits per heavy atom. The highest BCUT2D eigenvalue weighted by Crippen LogP contribution is 2.35. The SMILES string of the molecule is COc1ccc(OC2=C(I)CCC=C2I)cc1. The highest BCUT2D eigenvalue weighted by Gasteiger charge is 2.14. The molecule has 1 aliphatic carbocycles. The van der Waals surface area contributed by atoms with Crippen molar-refractivity contribution in [1.29, 1.82) is 0 Å². The third-order valence-electron chi connectivity index (χ3n) is 2.43. The minimum Gasteiger partial charge on any atom is -0.497 e. The van der Waals surface area contributed by atoms with Crippen molar-refractivity contribution >= 4 is 45.2 Å². The van der Waals surface area contributed by atoms with Crippen molar-refractivity contribution in [1.82, 2.24) is 0 Å². The van der Waals surface area contributed by atoms with Gasteiger partial charge in [-0.05, 0) is 82.3 Å². The van der Waals surface area contributed by atoms with Gasteiger partial charge in [0.05, 0.1) is 10.7 Å². The maximum Gasteiger partial charge on any atom is 0.149 e. The third-order valence-corrected chi connectivity index (χ3v) is 4.39. The van der Waals surface area contributed by atoms with E-state index in [0.717, 1.165) is 30.1 Å². The first-order valence-electron chi connectivity index (χ1n) is 5.27. The van der Waals surface area contributed by atoms with E-state index in [4.69, 9.17) is 9.47 Å². The fraction of sp³-hybridized carbons (Fsp3) is 0.231. The molecule has 4 heteroatoms. The number of ether oxygens (including phenoxy) is 2. The molecular weight excluding hydrogens is 442 g/mol. The Morgan fingerprint density at radius 2 is 1.71 bits per heavy atom. The fourth-order valence-electron chi connectivity index (χ4n) is 1.53. The van der Waals surface area contributed by atoms with Crippen molar-refractivity contribution in [3.05, 3.63) is 43.3 Å². The summed E-state index contributed by atoms with van der Waals surface area (Å²) in [7, 11) is 1.66. The topological polar surface area (TPSA) is 18.5 Å². The summed E-state index contributed by atoms with van der Waals surface area (Å²) in [5.74, 6) is 2.68. The van der Waals surface area contributed by atoms with Crippen LogP contribution in [-0.2, 0) is 0 Å². The first kappa shape index (κ1) is 13.2. The molecule has 1 aromatic rings. The van der Waals surface area contributed by atoms with E-state index in [0.29, 0.717) is 0 Å². The summed E-state index contributed by atoms with van der Waals surface area (Å²) in [6.07, 6.45) is 4.38. The summed E-state index contributed by atoms with van der Waals surface area (Å²) in [5, 5.41) is 0. The Kier molecular flexibility index (Phi) is 4.72. The van der Waals surface area contributed by atoms with Crippen LogP contribution >= 0.6 is 45.2 Å². The van der Waals surface area contributed by atoms with Gasteiger partial charge >= 0.3 is 0 Å². The van der Waals surface area contributed by atoms with E-state index in [2.05, 4.69) is 51.3 Å². The first-order chi connectivity index (χ1) is 8.20. The molecule has 0 amide bonds. The highest BCUT2D eigenvalue weighted by atomic mass is 127. The van der Waals surface area contributed by atoms with Gasteiger partial charge in [0.15, 0.2) is 0 Å². The molecule has 2 nitrogen and oxygen atoms in total. The van der Waals surface area contributed by atoms with Gasteiger partial charge in [-0.25, -0.2) is 0 Å². The van der Waals surface area contributed by atoms with Crippen LogP contribution < -0.4 is 9.47 Å². The molecule has 0 heterocycles. The minimum atomic E-state index is 0.843. The standard InChI is InChI=1S/C13H12I2O2/c1-16-9-5-7-10(8-6-9)17-13-11(14)3-2-4-12(13)15/h3,5-8H,2,4H2,1H3. The molecule has 0 spiro atoms. The first-order valence-corrected chi connectivity index (χ1v) is 7.43. The Morgan fingerprint density at radius 1 is 1.06 bits per heavy atom. The lowest BCUT2D eigenvalue weighted by molar-refractivity contribution is 0.410. The molecule has 0 radical (unpaired) electrons. The normalized spacial score (nSPS) is 15.6. The van der Waals surface area contributed by atoms with Crippen molar-refractivity contribution in [3.63, 3.8) is 0 Å². The van der Waals surface area contributed by atoms with Gasteiger partial charge in [-0.1, -0.05) is 6.08 Å². The number of methoxy groups -OCH3 is 1. The molecule has 0 atom stereocenters. The van der Waals surface area contributed by atoms with E-state index >= 15 is 0 Å². The van der Waals surface area contributed by atoms with Gasteiger partial charge in [0.25, 0.3) is 0 Å². The van der Waals surface area contributed by atoms with Gasteiger partial charge in [0.1, 0.15) is 17.3 Å². The average Bonchev–Trinajstić information content (AvgIpc) is 2.35.